The molecule has 0 radical (unpaired) electrons. The van der Waals surface area contributed by atoms with Crippen LogP contribution in [0.1, 0.15) is 32.1 Å². The Kier molecular flexibility index (Phi) is 19.0. The Morgan fingerprint density at radius 3 is 0.700 bits per heavy atom. The summed E-state index contributed by atoms with van der Waals surface area (Å²) in [5, 5.41) is 0. The van der Waals surface area contributed by atoms with E-state index in [1.54, 1.807) is 0 Å². The second kappa shape index (κ2) is 17.6. The maximum Gasteiger partial charge on any atom is 3.00 e. The SMILES string of the molecule is C1=CC2C=CC1C2.C1=CCC/C=C\CC1.O=S(=O)([O-])C(F)(F)F.O=S(=O)([O-])C(F)(F)F.O=S(=O)([O-])C(F)(F)F.[Rh+3]. The molecule has 0 aromatic rings. The van der Waals surface area contributed by atoms with Gasteiger partial charge in [0.2, 0.25) is 0 Å². The van der Waals surface area contributed by atoms with Gasteiger partial charge in [-0.3, -0.25) is 0 Å². The molecule has 0 fully saturated rings. The van der Waals surface area contributed by atoms with Crippen LogP contribution in [0, 0.1) is 11.8 Å². The molecular formula is C18H20F9O9RhS3. The summed E-state index contributed by atoms with van der Waals surface area (Å²) in [5.74, 6) is 1.62. The van der Waals surface area contributed by atoms with Gasteiger partial charge >= 0.3 is 36.0 Å². The number of allylic oxidation sites excluding steroid dienone is 8. The quantitative estimate of drug-likeness (QED) is 0.113. The van der Waals surface area contributed by atoms with E-state index in [1.807, 2.05) is 0 Å². The van der Waals surface area contributed by atoms with Gasteiger partial charge in [-0.1, -0.05) is 48.6 Å². The third-order valence-corrected chi connectivity index (χ3v) is 5.64. The van der Waals surface area contributed by atoms with Crippen molar-refractivity contribution in [1.82, 2.24) is 0 Å². The van der Waals surface area contributed by atoms with Gasteiger partial charge in [0.15, 0.2) is 30.4 Å². The van der Waals surface area contributed by atoms with Crippen LogP contribution in [0.15, 0.2) is 48.6 Å². The molecule has 236 valence electrons. The third-order valence-electron chi connectivity index (χ3n) is 3.94. The van der Waals surface area contributed by atoms with E-state index < -0.39 is 46.9 Å². The largest absolute Gasteiger partial charge is 3.00 e. The Hall–Kier alpha value is -1.32. The van der Waals surface area contributed by atoms with E-state index in [-0.39, 0.29) is 19.5 Å². The van der Waals surface area contributed by atoms with E-state index in [9.17, 15) is 39.5 Å². The fraction of sp³-hybridized carbons (Fsp3) is 0.556. The number of alkyl halides is 9. The van der Waals surface area contributed by atoms with Gasteiger partial charge in [-0.05, 0) is 43.9 Å². The zero-order valence-electron chi connectivity index (χ0n) is 19.4. The fourth-order valence-electron chi connectivity index (χ4n) is 2.18. The predicted octanol–water partition coefficient (Wildman–Crippen LogP) is 4.57. The maximum absolute atomic E-state index is 10.7. The number of rotatable bonds is 0. The molecule has 0 saturated heterocycles. The van der Waals surface area contributed by atoms with Crippen molar-refractivity contribution in [3.8, 4) is 0 Å². The molecular weight excluding hydrogens is 730 g/mol. The molecule has 2 bridgehead atoms. The Bertz CT molecular complexity index is 1030. The van der Waals surface area contributed by atoms with Crippen LogP contribution in [-0.4, -0.2) is 55.4 Å². The first-order chi connectivity index (χ1) is 17.2. The molecule has 0 aromatic carbocycles. The Morgan fingerprint density at radius 2 is 0.625 bits per heavy atom. The number of fused-ring (bicyclic) bond motifs is 2. The Balaban J connectivity index is -0.000000425. The monoisotopic (exact) mass is 750 g/mol. The van der Waals surface area contributed by atoms with Crippen LogP contribution in [0.5, 0.6) is 0 Å². The van der Waals surface area contributed by atoms with Crippen LogP contribution in [0.3, 0.4) is 0 Å². The van der Waals surface area contributed by atoms with Crippen LogP contribution in [0.4, 0.5) is 39.5 Å². The summed E-state index contributed by atoms with van der Waals surface area (Å²) in [6.07, 6.45) is 24.5. The van der Waals surface area contributed by atoms with Gasteiger partial charge < -0.3 is 13.7 Å². The number of hydrogen-bond acceptors (Lipinski definition) is 9. The van der Waals surface area contributed by atoms with Gasteiger partial charge in [0, 0.05) is 0 Å². The molecule has 0 heterocycles. The first-order valence-electron chi connectivity index (χ1n) is 9.93. The maximum atomic E-state index is 10.7. The van der Waals surface area contributed by atoms with Gasteiger partial charge in [0.25, 0.3) is 0 Å². The van der Waals surface area contributed by atoms with Gasteiger partial charge in [-0.2, -0.15) is 39.5 Å². The summed E-state index contributed by atoms with van der Waals surface area (Å²) in [7, 11) is -18.3. The topological polar surface area (TPSA) is 172 Å². The van der Waals surface area contributed by atoms with E-state index >= 15 is 0 Å². The van der Waals surface area contributed by atoms with Crippen molar-refractivity contribution in [3.05, 3.63) is 48.6 Å². The van der Waals surface area contributed by atoms with Crippen molar-refractivity contribution in [2.45, 2.75) is 48.6 Å². The van der Waals surface area contributed by atoms with E-state index in [0.717, 1.165) is 11.8 Å². The van der Waals surface area contributed by atoms with E-state index in [4.69, 9.17) is 38.9 Å². The molecule has 0 atom stereocenters. The van der Waals surface area contributed by atoms with E-state index in [2.05, 4.69) is 48.6 Å². The molecule has 3 aliphatic carbocycles. The molecule has 0 unspecified atom stereocenters. The second-order valence-electron chi connectivity index (χ2n) is 7.13. The zero-order chi connectivity index (χ0) is 31.3. The number of hydrogen-bond donors (Lipinski definition) is 0. The van der Waals surface area contributed by atoms with Crippen molar-refractivity contribution in [3.63, 3.8) is 0 Å². The average molecular weight is 750 g/mol. The van der Waals surface area contributed by atoms with Crippen molar-refractivity contribution in [1.29, 1.82) is 0 Å². The molecule has 9 nitrogen and oxygen atoms in total. The van der Waals surface area contributed by atoms with Crippen LogP contribution >= 0.6 is 0 Å². The summed E-state index contributed by atoms with van der Waals surface area (Å²) in [6, 6.07) is 0. The van der Waals surface area contributed by atoms with Gasteiger partial charge in [-0.25, -0.2) is 25.3 Å². The molecule has 22 heteroatoms. The first-order valence-corrected chi connectivity index (χ1v) is 14.2. The summed E-state index contributed by atoms with van der Waals surface area (Å²) in [6.45, 7) is 0. The van der Waals surface area contributed by atoms with Crippen LogP contribution in [-0.2, 0) is 49.8 Å². The molecule has 0 aromatic heterocycles. The standard InChI is InChI=1S/C8H12.C7H8.3CHF3O3S.Rh/c1-2-4-6-8-7-5-3-1;1-2-7-4-3-6(1)5-7;3*2-1(3,4)8(5,6)7;/h1-2,7-8H,3-6H2;1-4,6-7H,5H2;3*(H,5,6,7);/q;;;;;+3/p-3/b2-1-,8-7?;;;;;. The van der Waals surface area contributed by atoms with Crippen molar-refractivity contribution in [2.75, 3.05) is 0 Å². The molecule has 3 aliphatic rings. The first kappa shape index (κ1) is 43.1. The summed E-state index contributed by atoms with van der Waals surface area (Å²) in [5.41, 5.74) is -16.9. The average Bonchev–Trinajstić information content (AvgIpc) is 3.30. The minimum atomic E-state index is -6.09. The van der Waals surface area contributed by atoms with Gasteiger partial charge in [0.05, 0.1) is 0 Å². The van der Waals surface area contributed by atoms with Crippen molar-refractivity contribution >= 4 is 30.4 Å². The summed E-state index contributed by atoms with van der Waals surface area (Å²) < 4.78 is 177. The van der Waals surface area contributed by atoms with Crippen molar-refractivity contribution < 1.29 is 97.9 Å². The van der Waals surface area contributed by atoms with Crippen LogP contribution in [0.2, 0.25) is 0 Å². The van der Waals surface area contributed by atoms with Gasteiger partial charge in [0.1, 0.15) is 0 Å². The molecule has 0 spiro atoms. The molecule has 3 rings (SSSR count). The van der Waals surface area contributed by atoms with Crippen LogP contribution < -0.4 is 0 Å². The zero-order valence-corrected chi connectivity index (χ0v) is 23.5. The molecule has 0 saturated carbocycles. The summed E-state index contributed by atoms with van der Waals surface area (Å²) >= 11 is 0. The van der Waals surface area contributed by atoms with Crippen LogP contribution in [0.25, 0.3) is 0 Å². The smallest absolute Gasteiger partial charge is 0.741 e. The molecule has 40 heavy (non-hydrogen) atoms. The molecule has 0 N–H and O–H groups in total. The Labute approximate surface area is 236 Å². The minimum Gasteiger partial charge on any atom is -0.741 e. The van der Waals surface area contributed by atoms with Gasteiger partial charge in [-0.15, -0.1) is 0 Å². The number of halogens is 9. The second-order valence-corrected chi connectivity index (χ2v) is 11.2. The Morgan fingerprint density at radius 1 is 0.475 bits per heavy atom. The third kappa shape index (κ3) is 20.5. The summed E-state index contributed by atoms with van der Waals surface area (Å²) in [4.78, 5) is 0. The fourth-order valence-corrected chi connectivity index (χ4v) is 2.18. The predicted molar refractivity (Wildman–Crippen MR) is 114 cm³/mol. The van der Waals surface area contributed by atoms with E-state index in [0.29, 0.717) is 0 Å². The molecule has 0 amide bonds. The minimum absolute atomic E-state index is 0. The van der Waals surface area contributed by atoms with Crippen molar-refractivity contribution in [2.24, 2.45) is 11.8 Å². The normalized spacial score (nSPS) is 20.8. The molecule has 0 aliphatic heterocycles. The van der Waals surface area contributed by atoms with E-state index in [1.165, 1.54) is 32.1 Å².